The van der Waals surface area contributed by atoms with Crippen LogP contribution in [0, 0.1) is 11.8 Å². The summed E-state index contributed by atoms with van der Waals surface area (Å²) in [6, 6.07) is 4.74. The summed E-state index contributed by atoms with van der Waals surface area (Å²) in [4.78, 5) is 3.12. The van der Waals surface area contributed by atoms with E-state index in [-0.39, 0.29) is 0 Å². The van der Waals surface area contributed by atoms with Crippen molar-refractivity contribution in [3.8, 4) is 0 Å². The average Bonchev–Trinajstić information content (AvgIpc) is 2.97. The van der Waals surface area contributed by atoms with E-state index in [0.29, 0.717) is 0 Å². The van der Waals surface area contributed by atoms with Crippen molar-refractivity contribution in [3.05, 3.63) is 28.0 Å². The summed E-state index contributed by atoms with van der Waals surface area (Å²) in [5.74, 6) is 2.66. The Kier molecular flexibility index (Phi) is 4.99. The quantitative estimate of drug-likeness (QED) is 0.585. The zero-order chi connectivity index (χ0) is 13.8. The van der Waals surface area contributed by atoms with Gasteiger partial charge in [0, 0.05) is 9.75 Å². The molecular formula is C19H28S. The van der Waals surface area contributed by atoms with Crippen LogP contribution in [0.5, 0.6) is 0 Å². The average molecular weight is 288 g/mol. The molecule has 110 valence electrons. The second kappa shape index (κ2) is 6.93. The maximum absolute atomic E-state index is 2.49. The fourth-order valence-corrected chi connectivity index (χ4v) is 4.87. The van der Waals surface area contributed by atoms with Gasteiger partial charge in [0.25, 0.3) is 0 Å². The van der Waals surface area contributed by atoms with E-state index in [0.717, 1.165) is 17.8 Å². The van der Waals surface area contributed by atoms with Gasteiger partial charge in [-0.15, -0.1) is 11.3 Å². The van der Waals surface area contributed by atoms with Crippen LogP contribution in [-0.4, -0.2) is 0 Å². The molecule has 0 N–H and O–H groups in total. The molecule has 0 spiro atoms. The summed E-state index contributed by atoms with van der Waals surface area (Å²) in [5.41, 5.74) is 0. The fourth-order valence-electron chi connectivity index (χ4n) is 3.77. The van der Waals surface area contributed by atoms with Gasteiger partial charge < -0.3 is 0 Å². The van der Waals surface area contributed by atoms with E-state index in [1.807, 2.05) is 11.3 Å². The largest absolute Gasteiger partial charge is 0.141 e. The van der Waals surface area contributed by atoms with Gasteiger partial charge in [-0.2, -0.15) is 0 Å². The van der Waals surface area contributed by atoms with E-state index in [1.54, 1.807) is 4.88 Å². The maximum Gasteiger partial charge on any atom is 0.0270 e. The molecule has 0 atom stereocenters. The highest BCUT2D eigenvalue weighted by Crippen LogP contribution is 2.37. The molecule has 0 amide bonds. The standard InChI is InChI=1S/C19H28S/c1-15-7-9-16(10-8-15)11-12-18-13-14-19(20-18)17-5-3-2-4-6-17/h11-17H,2-10H2,1H3. The lowest BCUT2D eigenvalue weighted by molar-refractivity contribution is 0.331. The Balaban J connectivity index is 1.56. The molecule has 0 aliphatic heterocycles. The minimum Gasteiger partial charge on any atom is -0.141 e. The summed E-state index contributed by atoms with van der Waals surface area (Å²) in [6.07, 6.45) is 17.7. The van der Waals surface area contributed by atoms with Crippen LogP contribution >= 0.6 is 11.3 Å². The first-order valence-corrected chi connectivity index (χ1v) is 9.41. The van der Waals surface area contributed by atoms with Crippen LogP contribution in [0.4, 0.5) is 0 Å². The van der Waals surface area contributed by atoms with Crippen LogP contribution in [0.2, 0.25) is 0 Å². The van der Waals surface area contributed by atoms with Crippen LogP contribution in [0.3, 0.4) is 0 Å². The summed E-state index contributed by atoms with van der Waals surface area (Å²) in [5, 5.41) is 0. The van der Waals surface area contributed by atoms with Gasteiger partial charge in [-0.1, -0.05) is 45.1 Å². The van der Waals surface area contributed by atoms with Crippen molar-refractivity contribution in [2.75, 3.05) is 0 Å². The molecule has 0 bridgehead atoms. The molecule has 0 saturated heterocycles. The van der Waals surface area contributed by atoms with Crippen molar-refractivity contribution in [2.24, 2.45) is 11.8 Å². The van der Waals surface area contributed by atoms with Gasteiger partial charge in [-0.25, -0.2) is 0 Å². The molecule has 0 nitrogen and oxygen atoms in total. The van der Waals surface area contributed by atoms with Gasteiger partial charge >= 0.3 is 0 Å². The zero-order valence-electron chi connectivity index (χ0n) is 12.8. The monoisotopic (exact) mass is 288 g/mol. The number of hydrogen-bond donors (Lipinski definition) is 0. The van der Waals surface area contributed by atoms with Crippen molar-refractivity contribution in [1.82, 2.24) is 0 Å². The van der Waals surface area contributed by atoms with Crippen LogP contribution in [0.15, 0.2) is 18.2 Å². The minimum atomic E-state index is 0.839. The molecule has 2 fully saturated rings. The Morgan fingerprint density at radius 2 is 1.70 bits per heavy atom. The Labute approximate surface area is 128 Å². The second-order valence-corrected chi connectivity index (χ2v) is 8.10. The van der Waals surface area contributed by atoms with E-state index < -0.39 is 0 Å². The molecule has 1 aromatic heterocycles. The van der Waals surface area contributed by atoms with Gasteiger partial charge in [0.1, 0.15) is 0 Å². The Morgan fingerprint density at radius 3 is 2.45 bits per heavy atom. The third-order valence-corrected chi connectivity index (χ3v) is 6.46. The summed E-state index contributed by atoms with van der Waals surface area (Å²) >= 11 is 2.04. The number of allylic oxidation sites excluding steroid dienone is 1. The van der Waals surface area contributed by atoms with Gasteiger partial charge in [-0.3, -0.25) is 0 Å². The molecular weight excluding hydrogens is 260 g/mol. The lowest BCUT2D eigenvalue weighted by Gasteiger charge is -2.23. The topological polar surface area (TPSA) is 0 Å². The molecule has 2 aliphatic carbocycles. The lowest BCUT2D eigenvalue weighted by Crippen LogP contribution is -2.09. The SMILES string of the molecule is CC1CCC(C=Cc2ccc(C3CCCCC3)s2)CC1. The number of hydrogen-bond acceptors (Lipinski definition) is 1. The molecule has 3 rings (SSSR count). The molecule has 0 radical (unpaired) electrons. The third kappa shape index (κ3) is 3.75. The van der Waals surface area contributed by atoms with Crippen molar-refractivity contribution >= 4 is 17.4 Å². The first-order valence-electron chi connectivity index (χ1n) is 8.59. The third-order valence-electron chi connectivity index (χ3n) is 5.25. The first kappa shape index (κ1) is 14.4. The zero-order valence-corrected chi connectivity index (χ0v) is 13.6. The van der Waals surface area contributed by atoms with Gasteiger partial charge in [0.05, 0.1) is 0 Å². The molecule has 20 heavy (non-hydrogen) atoms. The lowest BCUT2D eigenvalue weighted by atomic mass is 9.83. The van der Waals surface area contributed by atoms with Crippen molar-refractivity contribution in [3.63, 3.8) is 0 Å². The fraction of sp³-hybridized carbons (Fsp3) is 0.684. The van der Waals surface area contributed by atoms with Crippen LogP contribution in [0.1, 0.15) is 80.4 Å². The van der Waals surface area contributed by atoms with Crippen molar-refractivity contribution in [1.29, 1.82) is 0 Å². The molecule has 1 heteroatoms. The van der Waals surface area contributed by atoms with Crippen molar-refractivity contribution < 1.29 is 0 Å². The Hall–Kier alpha value is -0.560. The van der Waals surface area contributed by atoms with Crippen molar-refractivity contribution in [2.45, 2.75) is 70.6 Å². The highest BCUT2D eigenvalue weighted by atomic mass is 32.1. The van der Waals surface area contributed by atoms with Gasteiger partial charge in [0.15, 0.2) is 0 Å². The van der Waals surface area contributed by atoms with Crippen LogP contribution in [-0.2, 0) is 0 Å². The van der Waals surface area contributed by atoms with Gasteiger partial charge in [-0.05, 0) is 61.6 Å². The minimum absolute atomic E-state index is 0.839. The molecule has 2 saturated carbocycles. The molecule has 0 unspecified atom stereocenters. The van der Waals surface area contributed by atoms with E-state index in [4.69, 9.17) is 0 Å². The summed E-state index contributed by atoms with van der Waals surface area (Å²) < 4.78 is 0. The predicted molar refractivity (Wildman–Crippen MR) is 90.3 cm³/mol. The number of rotatable bonds is 3. The Bertz CT molecular complexity index is 428. The highest BCUT2D eigenvalue weighted by Gasteiger charge is 2.17. The van der Waals surface area contributed by atoms with E-state index in [1.165, 1.54) is 62.7 Å². The number of thiophene rings is 1. The predicted octanol–water partition coefficient (Wildman–Crippen LogP) is 6.64. The second-order valence-electron chi connectivity index (χ2n) is 6.95. The van der Waals surface area contributed by atoms with E-state index >= 15 is 0 Å². The summed E-state index contributed by atoms with van der Waals surface area (Å²) in [7, 11) is 0. The maximum atomic E-state index is 2.49. The Morgan fingerprint density at radius 1 is 0.950 bits per heavy atom. The summed E-state index contributed by atoms with van der Waals surface area (Å²) in [6.45, 7) is 2.40. The molecule has 0 aromatic carbocycles. The normalized spacial score (nSPS) is 29.1. The van der Waals surface area contributed by atoms with Crippen LogP contribution in [0.25, 0.3) is 6.08 Å². The highest BCUT2D eigenvalue weighted by molar-refractivity contribution is 7.13. The molecule has 1 aromatic rings. The molecule has 2 aliphatic rings. The molecule has 1 heterocycles. The van der Waals surface area contributed by atoms with Crippen LogP contribution < -0.4 is 0 Å². The first-order chi connectivity index (χ1) is 9.81. The van der Waals surface area contributed by atoms with E-state index in [2.05, 4.69) is 31.2 Å². The van der Waals surface area contributed by atoms with E-state index in [9.17, 15) is 0 Å². The smallest absolute Gasteiger partial charge is 0.0270 e. The van der Waals surface area contributed by atoms with Gasteiger partial charge in [0.2, 0.25) is 0 Å².